The highest BCUT2D eigenvalue weighted by atomic mass is 35.5. The molecule has 12 heavy (non-hydrogen) atoms. The lowest BCUT2D eigenvalue weighted by Crippen LogP contribution is -1.97. The van der Waals surface area contributed by atoms with Crippen LogP contribution in [-0.4, -0.2) is 5.78 Å². The maximum Gasteiger partial charge on any atom is 0.162 e. The Hall–Kier alpha value is -0.890. The third-order valence-corrected chi connectivity index (χ3v) is 2.03. The molecule has 0 unspecified atom stereocenters. The van der Waals surface area contributed by atoms with Crippen molar-refractivity contribution in [2.24, 2.45) is 0 Å². The minimum absolute atomic E-state index is 0.0469. The monoisotopic (exact) mass is 186 g/mol. The van der Waals surface area contributed by atoms with Crippen LogP contribution in [0.5, 0.6) is 0 Å². The summed E-state index contributed by atoms with van der Waals surface area (Å²) in [7, 11) is 0. The fourth-order valence-corrected chi connectivity index (χ4v) is 1.08. The maximum absolute atomic E-state index is 13.0. The van der Waals surface area contributed by atoms with E-state index in [4.69, 9.17) is 11.6 Å². The summed E-state index contributed by atoms with van der Waals surface area (Å²) in [5, 5.41) is 0.418. The van der Waals surface area contributed by atoms with Crippen LogP contribution >= 0.6 is 11.6 Å². The average Bonchev–Trinajstić information content (AvgIpc) is 1.96. The second kappa shape index (κ2) is 3.23. The van der Waals surface area contributed by atoms with Crippen molar-refractivity contribution in [2.75, 3.05) is 0 Å². The Balaban J connectivity index is 3.33. The number of ketones is 1. The molecule has 0 saturated heterocycles. The number of benzene rings is 1. The lowest BCUT2D eigenvalue weighted by atomic mass is 10.1. The molecule has 0 atom stereocenters. The second-order valence-corrected chi connectivity index (χ2v) is 3.04. The van der Waals surface area contributed by atoms with Crippen molar-refractivity contribution in [3.8, 4) is 0 Å². The van der Waals surface area contributed by atoms with E-state index in [1.165, 1.54) is 19.1 Å². The van der Waals surface area contributed by atoms with Gasteiger partial charge in [0.05, 0.1) is 5.56 Å². The minimum atomic E-state index is -0.510. The van der Waals surface area contributed by atoms with Crippen molar-refractivity contribution >= 4 is 17.4 Å². The zero-order valence-electron chi connectivity index (χ0n) is 6.82. The van der Waals surface area contributed by atoms with Gasteiger partial charge in [0.1, 0.15) is 5.82 Å². The van der Waals surface area contributed by atoms with Crippen LogP contribution in [0, 0.1) is 12.7 Å². The van der Waals surface area contributed by atoms with Gasteiger partial charge < -0.3 is 0 Å². The first-order valence-corrected chi connectivity index (χ1v) is 3.86. The Labute approximate surface area is 75.2 Å². The number of rotatable bonds is 1. The third-order valence-electron chi connectivity index (χ3n) is 1.63. The van der Waals surface area contributed by atoms with Crippen molar-refractivity contribution in [1.82, 2.24) is 0 Å². The lowest BCUT2D eigenvalue weighted by molar-refractivity contribution is 0.101. The fourth-order valence-electron chi connectivity index (χ4n) is 0.916. The summed E-state index contributed by atoms with van der Waals surface area (Å²) in [4.78, 5) is 10.8. The molecule has 0 aliphatic carbocycles. The van der Waals surface area contributed by atoms with E-state index in [0.717, 1.165) is 0 Å². The number of aryl methyl sites for hydroxylation is 1. The zero-order chi connectivity index (χ0) is 9.30. The number of carbonyl (C=O) groups is 1. The molecular formula is C9H8ClFO. The molecule has 64 valence electrons. The molecule has 1 nitrogen and oxygen atoms in total. The van der Waals surface area contributed by atoms with Crippen molar-refractivity contribution in [2.45, 2.75) is 13.8 Å². The highest BCUT2D eigenvalue weighted by molar-refractivity contribution is 6.31. The van der Waals surface area contributed by atoms with Gasteiger partial charge in [-0.25, -0.2) is 4.39 Å². The van der Waals surface area contributed by atoms with E-state index >= 15 is 0 Å². The van der Waals surface area contributed by atoms with Crippen LogP contribution in [0.25, 0.3) is 0 Å². The number of Topliss-reactive ketones (excluding diaryl/α,β-unsaturated/α-hetero) is 1. The molecule has 1 aromatic rings. The van der Waals surface area contributed by atoms with Gasteiger partial charge in [-0.2, -0.15) is 0 Å². The third kappa shape index (κ3) is 1.64. The molecule has 0 N–H and O–H groups in total. The van der Waals surface area contributed by atoms with Crippen molar-refractivity contribution in [3.05, 3.63) is 34.1 Å². The molecular weight excluding hydrogens is 179 g/mol. The first-order chi connectivity index (χ1) is 5.52. The molecule has 0 aromatic heterocycles. The first-order valence-electron chi connectivity index (χ1n) is 3.49. The van der Waals surface area contributed by atoms with Crippen molar-refractivity contribution < 1.29 is 9.18 Å². The smallest absolute Gasteiger partial charge is 0.162 e. The molecule has 1 aromatic carbocycles. The molecule has 0 heterocycles. The topological polar surface area (TPSA) is 17.1 Å². The molecule has 0 aliphatic rings. The second-order valence-electron chi connectivity index (χ2n) is 2.64. The van der Waals surface area contributed by atoms with Gasteiger partial charge in [0.15, 0.2) is 5.78 Å². The summed E-state index contributed by atoms with van der Waals surface area (Å²) in [5.41, 5.74) is 0.685. The van der Waals surface area contributed by atoms with Gasteiger partial charge in [0, 0.05) is 5.02 Å². The quantitative estimate of drug-likeness (QED) is 0.617. The highest BCUT2D eigenvalue weighted by Crippen LogP contribution is 2.20. The first kappa shape index (κ1) is 9.20. The van der Waals surface area contributed by atoms with Gasteiger partial charge in [-0.05, 0) is 31.5 Å². The van der Waals surface area contributed by atoms with Crippen LogP contribution in [0.2, 0.25) is 5.02 Å². The molecule has 0 fully saturated rings. The lowest BCUT2D eigenvalue weighted by Gasteiger charge is -2.01. The minimum Gasteiger partial charge on any atom is -0.294 e. The molecule has 1 rings (SSSR count). The van der Waals surface area contributed by atoms with E-state index in [0.29, 0.717) is 10.6 Å². The summed E-state index contributed by atoms with van der Waals surface area (Å²) in [5.74, 6) is -0.821. The van der Waals surface area contributed by atoms with Crippen LogP contribution in [0.15, 0.2) is 12.1 Å². The van der Waals surface area contributed by atoms with Gasteiger partial charge in [0.25, 0.3) is 0 Å². The molecule has 0 spiro atoms. The highest BCUT2D eigenvalue weighted by Gasteiger charge is 2.09. The number of hydrogen-bond donors (Lipinski definition) is 0. The van der Waals surface area contributed by atoms with E-state index in [9.17, 15) is 9.18 Å². The molecule has 3 heteroatoms. The van der Waals surface area contributed by atoms with Crippen molar-refractivity contribution in [1.29, 1.82) is 0 Å². The van der Waals surface area contributed by atoms with Crippen LogP contribution in [-0.2, 0) is 0 Å². The summed E-state index contributed by atoms with van der Waals surface area (Å²) in [6, 6.07) is 2.62. The van der Waals surface area contributed by atoms with E-state index in [1.54, 1.807) is 6.92 Å². The normalized spacial score (nSPS) is 10.0. The number of halogens is 2. The Morgan fingerprint density at radius 3 is 2.58 bits per heavy atom. The predicted octanol–water partition coefficient (Wildman–Crippen LogP) is 2.99. The van der Waals surface area contributed by atoms with Crippen LogP contribution < -0.4 is 0 Å². The predicted molar refractivity (Wildman–Crippen MR) is 46.2 cm³/mol. The van der Waals surface area contributed by atoms with Gasteiger partial charge in [-0.1, -0.05) is 11.6 Å². The summed E-state index contributed by atoms with van der Waals surface area (Å²) < 4.78 is 13.0. The summed E-state index contributed by atoms with van der Waals surface area (Å²) >= 11 is 5.71. The molecule has 0 aliphatic heterocycles. The molecule has 0 bridgehead atoms. The molecule has 0 saturated carbocycles. The van der Waals surface area contributed by atoms with Gasteiger partial charge in [-0.3, -0.25) is 4.79 Å². The van der Waals surface area contributed by atoms with Crippen molar-refractivity contribution in [3.63, 3.8) is 0 Å². The van der Waals surface area contributed by atoms with E-state index < -0.39 is 5.82 Å². The summed E-state index contributed by atoms with van der Waals surface area (Å²) in [6.45, 7) is 3.00. The van der Waals surface area contributed by atoms with E-state index in [-0.39, 0.29) is 11.3 Å². The van der Waals surface area contributed by atoms with Gasteiger partial charge >= 0.3 is 0 Å². The van der Waals surface area contributed by atoms with E-state index in [2.05, 4.69) is 0 Å². The van der Waals surface area contributed by atoms with E-state index in [1.807, 2.05) is 0 Å². The number of carbonyl (C=O) groups excluding carboxylic acids is 1. The molecule has 0 radical (unpaired) electrons. The molecule has 0 amide bonds. The van der Waals surface area contributed by atoms with Crippen LogP contribution in [0.3, 0.4) is 0 Å². The Morgan fingerprint density at radius 2 is 2.08 bits per heavy atom. The zero-order valence-corrected chi connectivity index (χ0v) is 7.57. The average molecular weight is 187 g/mol. The van der Waals surface area contributed by atoms with Crippen LogP contribution in [0.4, 0.5) is 4.39 Å². The largest absolute Gasteiger partial charge is 0.294 e. The standard InChI is InChI=1S/C9H8ClFO/c1-5-3-9(11)7(6(2)12)4-8(5)10/h3-4H,1-2H3. The fraction of sp³-hybridized carbons (Fsp3) is 0.222. The summed E-state index contributed by atoms with van der Waals surface area (Å²) in [6.07, 6.45) is 0. The Morgan fingerprint density at radius 1 is 1.50 bits per heavy atom. The Kier molecular flexibility index (Phi) is 2.48. The Bertz CT molecular complexity index is 334. The number of hydrogen-bond acceptors (Lipinski definition) is 1. The SMILES string of the molecule is CC(=O)c1cc(Cl)c(C)cc1F. The maximum atomic E-state index is 13.0. The van der Waals surface area contributed by atoms with Gasteiger partial charge in [0.2, 0.25) is 0 Å². The van der Waals surface area contributed by atoms with Gasteiger partial charge in [-0.15, -0.1) is 0 Å². The van der Waals surface area contributed by atoms with Crippen LogP contribution in [0.1, 0.15) is 22.8 Å².